The van der Waals surface area contributed by atoms with E-state index < -0.39 is 67.6 Å². The third kappa shape index (κ3) is 7.40. The molecule has 4 aromatic rings. The molecule has 19 heteroatoms. The van der Waals surface area contributed by atoms with Crippen LogP contribution < -0.4 is 0 Å². The Kier molecular flexibility index (Phi) is 12.2. The first kappa shape index (κ1) is 36.4. The van der Waals surface area contributed by atoms with Gasteiger partial charge in [0, 0.05) is 105 Å². The summed E-state index contributed by atoms with van der Waals surface area (Å²) >= 11 is 0. The standard InChI is InChI=1S/C20H14N2O11S3.3Na/c23-15-8-5-10-9-11(34(25,26)27)6-7-12(10)16(15)21-22-17-13-3-1-2-4-14(13)19(35(28,29)30)20(18(17)24)36(31,32)33;;;/h1-9,23-24H,(H,25,26,27)(H,28,29,30)(H,31,32,33);;;. The fraction of sp³-hybridized carbons (Fsp3) is 0. The molecule has 0 amide bonds. The predicted molar refractivity (Wildman–Crippen MR) is 142 cm³/mol. The van der Waals surface area contributed by atoms with Gasteiger partial charge in [-0.2, -0.15) is 25.3 Å². The Morgan fingerprint density at radius 3 is 1.64 bits per heavy atom. The van der Waals surface area contributed by atoms with Crippen LogP contribution in [0.4, 0.5) is 11.4 Å². The van der Waals surface area contributed by atoms with Gasteiger partial charge < -0.3 is 10.2 Å². The van der Waals surface area contributed by atoms with E-state index in [1.54, 1.807) is 0 Å². The van der Waals surface area contributed by atoms with Gasteiger partial charge in [-0.05, 0) is 23.6 Å². The predicted octanol–water partition coefficient (Wildman–Crippen LogP) is 2.42. The molecule has 191 valence electrons. The van der Waals surface area contributed by atoms with E-state index in [9.17, 15) is 49.1 Å². The normalized spacial score (nSPS) is 12.1. The monoisotopic (exact) mass is 623 g/mol. The number of hydrogen-bond donors (Lipinski definition) is 5. The average Bonchev–Trinajstić information content (AvgIpc) is 2.76. The van der Waals surface area contributed by atoms with Crippen molar-refractivity contribution >= 4 is 152 Å². The third-order valence-corrected chi connectivity index (χ3v) is 7.91. The second-order valence-corrected chi connectivity index (χ2v) is 11.5. The molecule has 0 heterocycles. The zero-order valence-electron chi connectivity index (χ0n) is 20.5. The van der Waals surface area contributed by atoms with E-state index in [0.717, 1.165) is 24.3 Å². The summed E-state index contributed by atoms with van der Waals surface area (Å²) in [6, 6.07) is 10.8. The molecule has 0 fully saturated rings. The molecule has 0 saturated carbocycles. The minimum Gasteiger partial charge on any atom is -0.506 e. The Morgan fingerprint density at radius 2 is 1.10 bits per heavy atom. The molecule has 0 spiro atoms. The maximum Gasteiger partial charge on any atom is 0.299 e. The van der Waals surface area contributed by atoms with E-state index in [4.69, 9.17) is 0 Å². The van der Waals surface area contributed by atoms with Crippen LogP contribution in [0.3, 0.4) is 0 Å². The van der Waals surface area contributed by atoms with E-state index in [1.807, 2.05) is 0 Å². The molecular weight excluding hydrogens is 609 g/mol. The molecule has 0 aliphatic heterocycles. The van der Waals surface area contributed by atoms with Gasteiger partial charge in [0.2, 0.25) is 0 Å². The van der Waals surface area contributed by atoms with E-state index in [-0.39, 0.29) is 111 Å². The van der Waals surface area contributed by atoms with Crippen molar-refractivity contribution in [2.45, 2.75) is 14.7 Å². The van der Waals surface area contributed by atoms with Crippen LogP contribution in [-0.2, 0) is 30.4 Å². The van der Waals surface area contributed by atoms with Gasteiger partial charge in [0.15, 0.2) is 10.6 Å². The molecule has 0 aliphatic carbocycles. The molecule has 3 radical (unpaired) electrons. The summed E-state index contributed by atoms with van der Waals surface area (Å²) in [6.45, 7) is 0. The zero-order valence-corrected chi connectivity index (χ0v) is 29.0. The van der Waals surface area contributed by atoms with Crippen LogP contribution in [0.1, 0.15) is 0 Å². The van der Waals surface area contributed by atoms with Crippen molar-refractivity contribution in [3.63, 3.8) is 0 Å². The van der Waals surface area contributed by atoms with Crippen LogP contribution in [0.15, 0.2) is 79.5 Å². The second-order valence-electron chi connectivity index (χ2n) is 7.34. The fourth-order valence-corrected chi connectivity index (χ4v) is 6.21. The van der Waals surface area contributed by atoms with Gasteiger partial charge in [-0.15, -0.1) is 10.2 Å². The maximum absolute atomic E-state index is 12.0. The van der Waals surface area contributed by atoms with Gasteiger partial charge in [0.05, 0.1) is 4.90 Å². The van der Waals surface area contributed by atoms with Crippen LogP contribution >= 0.6 is 0 Å². The van der Waals surface area contributed by atoms with Gasteiger partial charge in [0.25, 0.3) is 30.4 Å². The third-order valence-electron chi connectivity index (χ3n) is 5.08. The summed E-state index contributed by atoms with van der Waals surface area (Å²) in [5, 5.41) is 28.3. The van der Waals surface area contributed by atoms with Crippen LogP contribution in [0.5, 0.6) is 11.5 Å². The number of benzene rings is 4. The second kappa shape index (κ2) is 13.1. The number of phenolic OH excluding ortho intramolecular Hbond substituents is 2. The summed E-state index contributed by atoms with van der Waals surface area (Å²) in [7, 11) is -15.2. The Bertz CT molecular complexity index is 1950. The molecule has 0 aromatic heterocycles. The summed E-state index contributed by atoms with van der Waals surface area (Å²) in [5.41, 5.74) is -0.887. The van der Waals surface area contributed by atoms with Gasteiger partial charge >= 0.3 is 0 Å². The van der Waals surface area contributed by atoms with Crippen molar-refractivity contribution in [2.75, 3.05) is 0 Å². The molecule has 4 aromatic carbocycles. The molecule has 0 aliphatic rings. The number of hydrogen-bond acceptors (Lipinski definition) is 10. The number of azo groups is 1. The van der Waals surface area contributed by atoms with Gasteiger partial charge in [-0.25, -0.2) is 0 Å². The number of aromatic hydroxyl groups is 2. The van der Waals surface area contributed by atoms with Crippen molar-refractivity contribution in [1.82, 2.24) is 0 Å². The first-order valence-corrected chi connectivity index (χ1v) is 13.8. The topological polar surface area (TPSA) is 228 Å². The van der Waals surface area contributed by atoms with Crippen LogP contribution in [0, 0.1) is 0 Å². The van der Waals surface area contributed by atoms with Gasteiger partial charge in [-0.1, -0.05) is 36.4 Å². The van der Waals surface area contributed by atoms with Crippen molar-refractivity contribution in [3.05, 3.63) is 54.6 Å². The van der Waals surface area contributed by atoms with Crippen molar-refractivity contribution in [1.29, 1.82) is 0 Å². The smallest absolute Gasteiger partial charge is 0.299 e. The molecule has 0 bridgehead atoms. The van der Waals surface area contributed by atoms with Crippen molar-refractivity contribution in [3.8, 4) is 11.5 Å². The van der Waals surface area contributed by atoms with Crippen molar-refractivity contribution in [2.24, 2.45) is 10.2 Å². The number of fused-ring (bicyclic) bond motifs is 2. The largest absolute Gasteiger partial charge is 0.506 e. The Hall–Kier alpha value is -0.670. The Balaban J connectivity index is 0.00000253. The first-order chi connectivity index (χ1) is 16.6. The Morgan fingerprint density at radius 1 is 0.564 bits per heavy atom. The molecular formula is C20H14N2Na3O11S3. The minimum atomic E-state index is -5.43. The summed E-state index contributed by atoms with van der Waals surface area (Å²) in [4.78, 5) is -3.24. The summed E-state index contributed by atoms with van der Waals surface area (Å²) < 4.78 is 99.2. The first-order valence-electron chi connectivity index (χ1n) is 9.48. The molecule has 0 saturated heterocycles. The maximum atomic E-state index is 12.0. The Labute approximate surface area is 288 Å². The van der Waals surface area contributed by atoms with Crippen LogP contribution in [-0.4, -0.2) is 138 Å². The molecule has 4 rings (SSSR count). The number of rotatable bonds is 5. The number of phenols is 2. The van der Waals surface area contributed by atoms with Crippen LogP contribution in [0.25, 0.3) is 21.5 Å². The van der Waals surface area contributed by atoms with E-state index in [0.29, 0.717) is 0 Å². The zero-order chi connectivity index (χ0) is 26.6. The fourth-order valence-electron chi connectivity index (χ4n) is 3.59. The average molecular weight is 624 g/mol. The number of nitrogens with zero attached hydrogens (tertiary/aromatic N) is 2. The van der Waals surface area contributed by atoms with E-state index in [1.165, 1.54) is 30.3 Å². The molecule has 39 heavy (non-hydrogen) atoms. The molecule has 5 N–H and O–H groups in total. The molecule has 0 atom stereocenters. The summed E-state index contributed by atoms with van der Waals surface area (Å²) in [5.74, 6) is -1.81. The summed E-state index contributed by atoms with van der Waals surface area (Å²) in [6.07, 6.45) is 0. The molecule has 13 nitrogen and oxygen atoms in total. The van der Waals surface area contributed by atoms with Crippen LogP contribution in [0.2, 0.25) is 0 Å². The molecule has 0 unspecified atom stereocenters. The van der Waals surface area contributed by atoms with Gasteiger partial charge in [0.1, 0.15) is 22.0 Å². The van der Waals surface area contributed by atoms with Gasteiger partial charge in [-0.3, -0.25) is 13.7 Å². The quantitative estimate of drug-likeness (QED) is 0.123. The SMILES string of the molecule is O=S(=O)(O)c1ccc2c(N=Nc3c(O)c(S(=O)(=O)O)c(S(=O)(=O)O)c4ccccc34)c(O)ccc2c1.[Na].[Na].[Na]. The van der Waals surface area contributed by atoms with Crippen molar-refractivity contribution < 1.29 is 49.1 Å². The van der Waals surface area contributed by atoms with E-state index >= 15 is 0 Å². The minimum absolute atomic E-state index is 0. The van der Waals surface area contributed by atoms with E-state index in [2.05, 4.69) is 10.2 Å².